The number of carbonyl (C=O) groups is 1. The van der Waals surface area contributed by atoms with Crippen LogP contribution in [0.15, 0.2) is 24.4 Å². The van der Waals surface area contributed by atoms with Gasteiger partial charge in [0.05, 0.1) is 10.2 Å². The minimum atomic E-state index is -0.0999. The van der Waals surface area contributed by atoms with Crippen molar-refractivity contribution in [2.45, 2.75) is 27.7 Å². The standard InChI is InChI=1S/C20H27N5OS/c1-6-24(7-2)12-13-25(19(26)16-10-11-23(5)22-16)20-21-17-14(3)8-9-15(4)18(17)27-20/h8-11H,6-7,12-13H2,1-5H3. The molecule has 0 unspecified atom stereocenters. The maximum absolute atomic E-state index is 13.2. The summed E-state index contributed by atoms with van der Waals surface area (Å²) < 4.78 is 2.80. The molecule has 0 aliphatic rings. The van der Waals surface area contributed by atoms with Crippen LogP contribution in [0.25, 0.3) is 10.2 Å². The fraction of sp³-hybridized carbons (Fsp3) is 0.450. The topological polar surface area (TPSA) is 54.3 Å². The number of likely N-dealkylation sites (N-methyl/N-ethyl adjacent to an activating group) is 1. The smallest absolute Gasteiger partial charge is 0.280 e. The summed E-state index contributed by atoms with van der Waals surface area (Å²) in [5, 5.41) is 5.04. The van der Waals surface area contributed by atoms with Crippen molar-refractivity contribution in [3.8, 4) is 0 Å². The van der Waals surface area contributed by atoms with E-state index in [0.717, 1.165) is 40.5 Å². The fourth-order valence-corrected chi connectivity index (χ4v) is 4.23. The number of fused-ring (bicyclic) bond motifs is 1. The maximum Gasteiger partial charge on any atom is 0.280 e. The SMILES string of the molecule is CCN(CC)CCN(C(=O)c1ccn(C)n1)c1nc2c(C)ccc(C)c2s1. The maximum atomic E-state index is 13.2. The Morgan fingerprint density at radius 1 is 1.11 bits per heavy atom. The van der Waals surface area contributed by atoms with Crippen molar-refractivity contribution in [1.82, 2.24) is 19.7 Å². The number of aryl methyl sites for hydroxylation is 3. The number of thiazole rings is 1. The van der Waals surface area contributed by atoms with Crippen LogP contribution in [0.4, 0.5) is 5.13 Å². The summed E-state index contributed by atoms with van der Waals surface area (Å²) in [7, 11) is 1.82. The molecule has 0 saturated heterocycles. The quantitative estimate of drug-likeness (QED) is 0.623. The van der Waals surface area contributed by atoms with Crippen LogP contribution in [-0.2, 0) is 7.05 Å². The highest BCUT2D eigenvalue weighted by Gasteiger charge is 2.24. The summed E-state index contributed by atoms with van der Waals surface area (Å²) in [5.74, 6) is -0.0999. The average molecular weight is 386 g/mol. The van der Waals surface area contributed by atoms with Gasteiger partial charge in [0.2, 0.25) is 0 Å². The second kappa shape index (κ2) is 8.19. The zero-order valence-electron chi connectivity index (χ0n) is 16.7. The van der Waals surface area contributed by atoms with Gasteiger partial charge in [-0.2, -0.15) is 5.10 Å². The highest BCUT2D eigenvalue weighted by Crippen LogP contribution is 2.33. The van der Waals surface area contributed by atoms with Gasteiger partial charge in [0.15, 0.2) is 10.8 Å². The molecule has 0 N–H and O–H groups in total. The Morgan fingerprint density at radius 3 is 2.41 bits per heavy atom. The van der Waals surface area contributed by atoms with Crippen molar-refractivity contribution in [2.75, 3.05) is 31.1 Å². The molecule has 0 aliphatic carbocycles. The lowest BCUT2D eigenvalue weighted by atomic mass is 10.1. The number of amides is 1. The number of aromatic nitrogens is 3. The molecular weight excluding hydrogens is 358 g/mol. The first-order valence-electron chi connectivity index (χ1n) is 9.35. The third-order valence-electron chi connectivity index (χ3n) is 4.87. The van der Waals surface area contributed by atoms with Crippen molar-refractivity contribution < 1.29 is 4.79 Å². The lowest BCUT2D eigenvalue weighted by molar-refractivity contribution is 0.0978. The average Bonchev–Trinajstić information content (AvgIpc) is 3.29. The number of benzene rings is 1. The number of rotatable bonds is 7. The van der Waals surface area contributed by atoms with E-state index in [9.17, 15) is 4.79 Å². The van der Waals surface area contributed by atoms with Crippen molar-refractivity contribution >= 4 is 32.6 Å². The molecule has 3 aromatic rings. The van der Waals surface area contributed by atoms with Gasteiger partial charge >= 0.3 is 0 Å². The van der Waals surface area contributed by atoms with Gasteiger partial charge in [-0.05, 0) is 44.1 Å². The molecule has 6 nitrogen and oxygen atoms in total. The van der Waals surface area contributed by atoms with Crippen LogP contribution in [0.5, 0.6) is 0 Å². The Balaban J connectivity index is 1.99. The van der Waals surface area contributed by atoms with Crippen LogP contribution in [0, 0.1) is 13.8 Å². The van der Waals surface area contributed by atoms with E-state index in [1.165, 1.54) is 5.56 Å². The molecule has 7 heteroatoms. The Morgan fingerprint density at radius 2 is 1.81 bits per heavy atom. The third-order valence-corrected chi connectivity index (χ3v) is 6.09. The molecule has 2 heterocycles. The molecule has 0 fully saturated rings. The monoisotopic (exact) mass is 385 g/mol. The van der Waals surface area contributed by atoms with Gasteiger partial charge < -0.3 is 4.90 Å². The molecule has 27 heavy (non-hydrogen) atoms. The number of nitrogens with zero attached hydrogens (tertiary/aromatic N) is 5. The van der Waals surface area contributed by atoms with Gasteiger partial charge in [0.25, 0.3) is 5.91 Å². The molecule has 1 amide bonds. The van der Waals surface area contributed by atoms with E-state index >= 15 is 0 Å². The minimum absolute atomic E-state index is 0.0999. The van der Waals surface area contributed by atoms with Gasteiger partial charge in [-0.3, -0.25) is 14.4 Å². The van der Waals surface area contributed by atoms with Gasteiger partial charge in [-0.25, -0.2) is 4.98 Å². The molecule has 0 atom stereocenters. The lowest BCUT2D eigenvalue weighted by Crippen LogP contribution is -2.39. The number of carbonyl (C=O) groups excluding carboxylic acids is 1. The highest BCUT2D eigenvalue weighted by atomic mass is 32.1. The second-order valence-electron chi connectivity index (χ2n) is 6.73. The Labute approximate surface area is 164 Å². The van der Waals surface area contributed by atoms with Crippen LogP contribution in [0.1, 0.15) is 35.5 Å². The summed E-state index contributed by atoms with van der Waals surface area (Å²) in [6.45, 7) is 11.7. The summed E-state index contributed by atoms with van der Waals surface area (Å²) in [4.78, 5) is 22.1. The normalized spacial score (nSPS) is 11.5. The van der Waals surface area contributed by atoms with Crippen LogP contribution in [0.3, 0.4) is 0 Å². The van der Waals surface area contributed by atoms with Gasteiger partial charge in [0.1, 0.15) is 0 Å². The summed E-state index contributed by atoms with van der Waals surface area (Å²) in [6, 6.07) is 5.96. The van der Waals surface area contributed by atoms with E-state index in [0.29, 0.717) is 12.2 Å². The molecule has 0 aliphatic heterocycles. The first-order valence-corrected chi connectivity index (χ1v) is 10.2. The zero-order chi connectivity index (χ0) is 19.6. The molecule has 0 spiro atoms. The number of hydrogen-bond acceptors (Lipinski definition) is 5. The zero-order valence-corrected chi connectivity index (χ0v) is 17.5. The van der Waals surface area contributed by atoms with Crippen molar-refractivity contribution in [1.29, 1.82) is 0 Å². The summed E-state index contributed by atoms with van der Waals surface area (Å²) in [6.07, 6.45) is 1.79. The van der Waals surface area contributed by atoms with Crippen LogP contribution in [-0.4, -0.2) is 51.8 Å². The fourth-order valence-electron chi connectivity index (χ4n) is 3.10. The first-order chi connectivity index (χ1) is 12.9. The second-order valence-corrected chi connectivity index (χ2v) is 7.71. The van der Waals surface area contributed by atoms with Crippen molar-refractivity contribution in [2.24, 2.45) is 7.05 Å². The molecule has 144 valence electrons. The van der Waals surface area contributed by atoms with Gasteiger partial charge in [-0.1, -0.05) is 37.3 Å². The molecule has 3 rings (SSSR count). The van der Waals surface area contributed by atoms with Gasteiger partial charge in [0, 0.05) is 26.3 Å². The predicted molar refractivity (Wildman–Crippen MR) is 112 cm³/mol. The van der Waals surface area contributed by atoms with Gasteiger partial charge in [-0.15, -0.1) is 0 Å². The van der Waals surface area contributed by atoms with Crippen LogP contribution in [0.2, 0.25) is 0 Å². The van der Waals surface area contributed by atoms with E-state index in [1.807, 2.05) is 7.05 Å². The Hall–Kier alpha value is -2.25. The number of hydrogen-bond donors (Lipinski definition) is 0. The molecule has 0 radical (unpaired) electrons. The minimum Gasteiger partial charge on any atom is -0.302 e. The van der Waals surface area contributed by atoms with Crippen molar-refractivity contribution in [3.05, 3.63) is 41.2 Å². The first kappa shape index (κ1) is 19.5. The lowest BCUT2D eigenvalue weighted by Gasteiger charge is -2.24. The van der Waals surface area contributed by atoms with Crippen LogP contribution >= 0.6 is 11.3 Å². The van der Waals surface area contributed by atoms with Crippen LogP contribution < -0.4 is 4.90 Å². The third kappa shape index (κ3) is 4.04. The molecule has 0 saturated carbocycles. The highest BCUT2D eigenvalue weighted by molar-refractivity contribution is 7.22. The van der Waals surface area contributed by atoms with E-state index in [-0.39, 0.29) is 5.91 Å². The predicted octanol–water partition coefficient (Wildman–Crippen LogP) is 3.64. The molecule has 2 aromatic heterocycles. The molecule has 0 bridgehead atoms. The van der Waals surface area contributed by atoms with E-state index < -0.39 is 0 Å². The van der Waals surface area contributed by atoms with E-state index in [4.69, 9.17) is 4.98 Å². The Bertz CT molecular complexity index is 902. The summed E-state index contributed by atoms with van der Waals surface area (Å²) in [5.41, 5.74) is 3.75. The Kier molecular flexibility index (Phi) is 5.92. The summed E-state index contributed by atoms with van der Waals surface area (Å²) >= 11 is 1.58. The van der Waals surface area contributed by atoms with E-state index in [1.54, 1.807) is 33.2 Å². The van der Waals surface area contributed by atoms with Crippen molar-refractivity contribution in [3.63, 3.8) is 0 Å². The number of anilines is 1. The molecular formula is C20H27N5OS. The largest absolute Gasteiger partial charge is 0.302 e. The van der Waals surface area contributed by atoms with E-state index in [2.05, 4.69) is 49.8 Å². The molecule has 1 aromatic carbocycles.